The number of methoxy groups -OCH3 is 1. The number of hydrogen-bond donors (Lipinski definition) is 1. The summed E-state index contributed by atoms with van der Waals surface area (Å²) in [7, 11) is 1.37. The van der Waals surface area contributed by atoms with E-state index in [1.165, 1.54) is 19.2 Å². The molecule has 0 atom stereocenters. The Hall–Kier alpha value is -2.89. The third-order valence-corrected chi connectivity index (χ3v) is 4.12. The van der Waals surface area contributed by atoms with Crippen LogP contribution >= 0.6 is 0 Å². The molecule has 0 fully saturated rings. The molecule has 0 aliphatic carbocycles. The minimum absolute atomic E-state index is 0.102. The van der Waals surface area contributed by atoms with Crippen molar-refractivity contribution >= 4 is 17.6 Å². The van der Waals surface area contributed by atoms with E-state index in [9.17, 15) is 14.0 Å². The molecule has 0 saturated heterocycles. The highest BCUT2D eigenvalue weighted by Crippen LogP contribution is 2.27. The number of ether oxygens (including phenoxy) is 2. The monoisotopic (exact) mass is 373 g/mol. The summed E-state index contributed by atoms with van der Waals surface area (Å²) in [5.41, 5.74) is 3.14. The standard InChI is InChI=1S/C21H24FNO4/c1-13(2)16-7-5-6-14(3)21(16)23-19(24)12-27-20(25)11-15-8-9-18(26-4)17(22)10-15/h5-10,13H,11-12H2,1-4H3,(H,23,24). The molecule has 5 nitrogen and oxygen atoms in total. The second-order valence-electron chi connectivity index (χ2n) is 6.55. The average molecular weight is 373 g/mol. The first-order chi connectivity index (χ1) is 12.8. The number of carbonyl (C=O) groups is 2. The Morgan fingerprint density at radius 3 is 2.56 bits per heavy atom. The van der Waals surface area contributed by atoms with Gasteiger partial charge in [-0.2, -0.15) is 0 Å². The van der Waals surface area contributed by atoms with Crippen LogP contribution in [0.4, 0.5) is 10.1 Å². The van der Waals surface area contributed by atoms with Crippen LogP contribution in [0.5, 0.6) is 5.75 Å². The lowest BCUT2D eigenvalue weighted by Gasteiger charge is -2.16. The zero-order valence-corrected chi connectivity index (χ0v) is 16.0. The lowest BCUT2D eigenvalue weighted by Crippen LogP contribution is -2.23. The molecule has 2 aromatic carbocycles. The third-order valence-electron chi connectivity index (χ3n) is 4.12. The van der Waals surface area contributed by atoms with Crippen molar-refractivity contribution in [2.75, 3.05) is 19.0 Å². The van der Waals surface area contributed by atoms with Crippen LogP contribution in [-0.2, 0) is 20.7 Å². The number of benzene rings is 2. The van der Waals surface area contributed by atoms with Gasteiger partial charge in [0.25, 0.3) is 5.91 Å². The Morgan fingerprint density at radius 1 is 1.19 bits per heavy atom. The van der Waals surface area contributed by atoms with Crippen molar-refractivity contribution in [1.82, 2.24) is 0 Å². The van der Waals surface area contributed by atoms with E-state index < -0.39 is 24.3 Å². The summed E-state index contributed by atoms with van der Waals surface area (Å²) >= 11 is 0. The average Bonchev–Trinajstić information content (AvgIpc) is 2.61. The predicted octanol–water partition coefficient (Wildman–Crippen LogP) is 3.99. The molecule has 27 heavy (non-hydrogen) atoms. The normalized spacial score (nSPS) is 10.6. The fourth-order valence-corrected chi connectivity index (χ4v) is 2.70. The van der Waals surface area contributed by atoms with E-state index in [1.807, 2.05) is 39.0 Å². The SMILES string of the molecule is COc1ccc(CC(=O)OCC(=O)Nc2c(C)cccc2C(C)C)cc1F. The number of rotatable bonds is 7. The van der Waals surface area contributed by atoms with Crippen LogP contribution in [0.3, 0.4) is 0 Å². The number of amides is 1. The fraction of sp³-hybridized carbons (Fsp3) is 0.333. The molecule has 0 unspecified atom stereocenters. The van der Waals surface area contributed by atoms with Gasteiger partial charge in [0.1, 0.15) is 0 Å². The molecule has 6 heteroatoms. The van der Waals surface area contributed by atoms with Gasteiger partial charge in [0.15, 0.2) is 18.2 Å². The molecule has 0 radical (unpaired) electrons. The molecule has 0 aliphatic rings. The summed E-state index contributed by atoms with van der Waals surface area (Å²) in [5.74, 6) is -1.23. The summed E-state index contributed by atoms with van der Waals surface area (Å²) in [6, 6.07) is 10.0. The highest BCUT2D eigenvalue weighted by Gasteiger charge is 2.14. The van der Waals surface area contributed by atoms with Gasteiger partial charge in [0, 0.05) is 5.69 Å². The number of para-hydroxylation sites is 1. The minimum Gasteiger partial charge on any atom is -0.494 e. The molecule has 0 bridgehead atoms. The third kappa shape index (κ3) is 5.54. The predicted molar refractivity (Wildman–Crippen MR) is 102 cm³/mol. The second-order valence-corrected chi connectivity index (χ2v) is 6.55. The zero-order chi connectivity index (χ0) is 20.0. The van der Waals surface area contributed by atoms with Gasteiger partial charge in [-0.1, -0.05) is 38.1 Å². The smallest absolute Gasteiger partial charge is 0.310 e. The molecule has 1 amide bonds. The molecule has 0 spiro atoms. The molecular formula is C21H24FNO4. The van der Waals surface area contributed by atoms with Crippen LogP contribution in [0, 0.1) is 12.7 Å². The first-order valence-corrected chi connectivity index (χ1v) is 8.69. The fourth-order valence-electron chi connectivity index (χ4n) is 2.70. The van der Waals surface area contributed by atoms with E-state index in [0.29, 0.717) is 5.56 Å². The molecular weight excluding hydrogens is 349 g/mol. The number of hydrogen-bond acceptors (Lipinski definition) is 4. The van der Waals surface area contributed by atoms with Crippen LogP contribution in [-0.4, -0.2) is 25.6 Å². The second kappa shape index (κ2) is 9.16. The first kappa shape index (κ1) is 20.4. The summed E-state index contributed by atoms with van der Waals surface area (Å²) in [6.07, 6.45) is -0.129. The molecule has 2 rings (SSSR count). The quantitative estimate of drug-likeness (QED) is 0.746. The van der Waals surface area contributed by atoms with Crippen molar-refractivity contribution in [2.45, 2.75) is 33.1 Å². The molecule has 0 aliphatic heterocycles. The molecule has 1 N–H and O–H groups in total. The molecule has 144 valence electrons. The largest absolute Gasteiger partial charge is 0.494 e. The van der Waals surface area contributed by atoms with Gasteiger partial charge < -0.3 is 14.8 Å². The number of halogens is 1. The Morgan fingerprint density at radius 2 is 1.93 bits per heavy atom. The van der Waals surface area contributed by atoms with E-state index in [0.717, 1.165) is 16.8 Å². The minimum atomic E-state index is -0.608. The number of carbonyl (C=O) groups excluding carboxylic acids is 2. The summed E-state index contributed by atoms with van der Waals surface area (Å²) < 4.78 is 23.5. The van der Waals surface area contributed by atoms with Crippen LogP contribution in [0.2, 0.25) is 0 Å². The lowest BCUT2D eigenvalue weighted by atomic mass is 9.98. The van der Waals surface area contributed by atoms with Gasteiger partial charge in [-0.15, -0.1) is 0 Å². The van der Waals surface area contributed by atoms with Gasteiger partial charge >= 0.3 is 5.97 Å². The number of anilines is 1. The summed E-state index contributed by atoms with van der Waals surface area (Å²) in [6.45, 7) is 5.59. The van der Waals surface area contributed by atoms with Crippen molar-refractivity contribution in [3.8, 4) is 5.75 Å². The summed E-state index contributed by atoms with van der Waals surface area (Å²) in [4.78, 5) is 24.1. The van der Waals surface area contributed by atoms with E-state index in [-0.39, 0.29) is 18.1 Å². The maximum Gasteiger partial charge on any atom is 0.310 e. The summed E-state index contributed by atoms with van der Waals surface area (Å²) in [5, 5.41) is 2.81. The van der Waals surface area contributed by atoms with E-state index in [1.54, 1.807) is 6.07 Å². The van der Waals surface area contributed by atoms with Gasteiger partial charge in [-0.05, 0) is 41.7 Å². The Balaban J connectivity index is 1.92. The van der Waals surface area contributed by atoms with Gasteiger partial charge in [-0.25, -0.2) is 4.39 Å². The van der Waals surface area contributed by atoms with Gasteiger partial charge in [0.2, 0.25) is 0 Å². The van der Waals surface area contributed by atoms with Crippen LogP contribution < -0.4 is 10.1 Å². The molecule has 0 aromatic heterocycles. The Bertz CT molecular complexity index is 833. The maximum atomic E-state index is 13.7. The van der Waals surface area contributed by atoms with Crippen LogP contribution in [0.1, 0.15) is 36.5 Å². The van der Waals surface area contributed by atoms with Crippen molar-refractivity contribution in [1.29, 1.82) is 0 Å². The van der Waals surface area contributed by atoms with Crippen LogP contribution in [0.25, 0.3) is 0 Å². The van der Waals surface area contributed by atoms with Crippen molar-refractivity contribution in [3.63, 3.8) is 0 Å². The highest BCUT2D eigenvalue weighted by molar-refractivity contribution is 5.94. The first-order valence-electron chi connectivity index (χ1n) is 8.69. The van der Waals surface area contributed by atoms with E-state index in [4.69, 9.17) is 9.47 Å². The lowest BCUT2D eigenvalue weighted by molar-refractivity contribution is -0.146. The number of nitrogens with one attached hydrogen (secondary N) is 1. The molecule has 2 aromatic rings. The number of esters is 1. The van der Waals surface area contributed by atoms with Gasteiger partial charge in [0.05, 0.1) is 13.5 Å². The Kier molecular flexibility index (Phi) is 6.93. The van der Waals surface area contributed by atoms with Crippen molar-refractivity contribution in [3.05, 3.63) is 58.9 Å². The van der Waals surface area contributed by atoms with Crippen molar-refractivity contribution in [2.24, 2.45) is 0 Å². The highest BCUT2D eigenvalue weighted by atomic mass is 19.1. The molecule has 0 heterocycles. The van der Waals surface area contributed by atoms with E-state index >= 15 is 0 Å². The zero-order valence-electron chi connectivity index (χ0n) is 16.0. The molecule has 0 saturated carbocycles. The van der Waals surface area contributed by atoms with E-state index in [2.05, 4.69) is 5.32 Å². The topological polar surface area (TPSA) is 64.6 Å². The van der Waals surface area contributed by atoms with Gasteiger partial charge in [-0.3, -0.25) is 9.59 Å². The number of aryl methyl sites for hydroxylation is 1. The van der Waals surface area contributed by atoms with Crippen LogP contribution in [0.15, 0.2) is 36.4 Å². The Labute approximate surface area is 158 Å². The maximum absolute atomic E-state index is 13.7. The van der Waals surface area contributed by atoms with Crippen molar-refractivity contribution < 1.29 is 23.5 Å².